The van der Waals surface area contributed by atoms with E-state index in [-0.39, 0.29) is 12.3 Å². The summed E-state index contributed by atoms with van der Waals surface area (Å²) in [6.45, 7) is 0.584. The number of amides is 1. The molecular formula is C17H23NO3. The second-order valence-corrected chi connectivity index (χ2v) is 5.85. The van der Waals surface area contributed by atoms with Crippen LogP contribution in [0.3, 0.4) is 0 Å². The number of unbranched alkanes of at least 4 members (excludes halogenated alkanes) is 1. The van der Waals surface area contributed by atoms with E-state index in [0.717, 1.165) is 19.3 Å². The van der Waals surface area contributed by atoms with Crippen LogP contribution in [0.25, 0.3) is 0 Å². The molecule has 0 atom stereocenters. The number of carbonyl (C=O) groups excluding carboxylic acids is 1. The molecule has 2 N–H and O–H groups in total. The van der Waals surface area contributed by atoms with Crippen LogP contribution < -0.4 is 5.32 Å². The van der Waals surface area contributed by atoms with Gasteiger partial charge in [-0.2, -0.15) is 0 Å². The molecule has 2 rings (SSSR count). The number of benzene rings is 1. The van der Waals surface area contributed by atoms with Crippen LogP contribution in [-0.2, 0) is 9.59 Å². The number of hydrogen-bond donors (Lipinski definition) is 2. The summed E-state index contributed by atoms with van der Waals surface area (Å²) in [5.74, 6) is 0.429. The van der Waals surface area contributed by atoms with E-state index in [1.54, 1.807) is 0 Å². The van der Waals surface area contributed by atoms with Crippen molar-refractivity contribution in [1.82, 2.24) is 5.32 Å². The minimum Gasteiger partial charge on any atom is -0.481 e. The quantitative estimate of drug-likeness (QED) is 0.723. The molecule has 1 saturated carbocycles. The Morgan fingerprint density at radius 3 is 2.52 bits per heavy atom. The Morgan fingerprint density at radius 2 is 1.86 bits per heavy atom. The van der Waals surface area contributed by atoms with Gasteiger partial charge in [0.2, 0.25) is 5.91 Å². The van der Waals surface area contributed by atoms with E-state index in [9.17, 15) is 9.59 Å². The maximum absolute atomic E-state index is 11.8. The molecule has 1 aromatic carbocycles. The summed E-state index contributed by atoms with van der Waals surface area (Å²) in [5.41, 5.74) is 1.38. The minimum atomic E-state index is -0.775. The summed E-state index contributed by atoms with van der Waals surface area (Å²) in [4.78, 5) is 22.1. The van der Waals surface area contributed by atoms with Gasteiger partial charge in [-0.3, -0.25) is 9.59 Å². The van der Waals surface area contributed by atoms with Crippen LogP contribution in [0.1, 0.15) is 50.0 Å². The zero-order valence-electron chi connectivity index (χ0n) is 12.3. The first-order chi connectivity index (χ1) is 10.1. The lowest BCUT2D eigenvalue weighted by Crippen LogP contribution is -2.31. The summed E-state index contributed by atoms with van der Waals surface area (Å²) in [5, 5.41) is 11.4. The van der Waals surface area contributed by atoms with Gasteiger partial charge in [0, 0.05) is 19.4 Å². The zero-order valence-corrected chi connectivity index (χ0v) is 12.3. The standard InChI is InChI=1S/C17H23NO3/c19-16(18-9-5-4-8-17(20)21)12-13-10-15(11-13)14-6-2-1-3-7-14/h1-3,6-7,13,15H,4-5,8-12H2,(H,18,19)(H,20,21). The van der Waals surface area contributed by atoms with Gasteiger partial charge >= 0.3 is 5.97 Å². The number of carbonyl (C=O) groups is 2. The van der Waals surface area contributed by atoms with Crippen LogP contribution in [0.4, 0.5) is 0 Å². The number of aliphatic carboxylic acids is 1. The highest BCUT2D eigenvalue weighted by molar-refractivity contribution is 5.76. The Morgan fingerprint density at radius 1 is 1.14 bits per heavy atom. The minimum absolute atomic E-state index is 0.0989. The lowest BCUT2D eigenvalue weighted by molar-refractivity contribution is -0.137. The molecule has 1 fully saturated rings. The molecule has 0 bridgehead atoms. The van der Waals surface area contributed by atoms with Gasteiger partial charge < -0.3 is 10.4 Å². The molecule has 0 heterocycles. The van der Waals surface area contributed by atoms with Crippen molar-refractivity contribution in [3.05, 3.63) is 35.9 Å². The van der Waals surface area contributed by atoms with Crippen LogP contribution in [0, 0.1) is 5.92 Å². The topological polar surface area (TPSA) is 66.4 Å². The van der Waals surface area contributed by atoms with Gasteiger partial charge in [0.25, 0.3) is 0 Å². The zero-order chi connectivity index (χ0) is 15.1. The van der Waals surface area contributed by atoms with Crippen LogP contribution >= 0.6 is 0 Å². The maximum atomic E-state index is 11.8. The maximum Gasteiger partial charge on any atom is 0.303 e. The van der Waals surface area contributed by atoms with Crippen molar-refractivity contribution >= 4 is 11.9 Å². The average Bonchev–Trinajstić information content (AvgIpc) is 2.42. The number of carboxylic acid groups (broad SMARTS) is 1. The van der Waals surface area contributed by atoms with Crippen LogP contribution in [0.5, 0.6) is 0 Å². The summed E-state index contributed by atoms with van der Waals surface area (Å²) >= 11 is 0. The molecule has 21 heavy (non-hydrogen) atoms. The molecule has 1 amide bonds. The van der Waals surface area contributed by atoms with Gasteiger partial charge in [0.1, 0.15) is 0 Å². The molecular weight excluding hydrogens is 266 g/mol. The second-order valence-electron chi connectivity index (χ2n) is 5.85. The highest BCUT2D eigenvalue weighted by Crippen LogP contribution is 2.43. The second kappa shape index (κ2) is 7.81. The average molecular weight is 289 g/mol. The van der Waals surface area contributed by atoms with E-state index in [4.69, 9.17) is 5.11 Å². The number of hydrogen-bond acceptors (Lipinski definition) is 2. The summed E-state index contributed by atoms with van der Waals surface area (Å²) in [7, 11) is 0. The van der Waals surface area contributed by atoms with Gasteiger partial charge in [0.15, 0.2) is 0 Å². The van der Waals surface area contributed by atoms with Crippen LogP contribution in [0.2, 0.25) is 0 Å². The smallest absolute Gasteiger partial charge is 0.303 e. The Kier molecular flexibility index (Phi) is 5.78. The number of carboxylic acids is 1. The predicted molar refractivity (Wildman–Crippen MR) is 81.0 cm³/mol. The normalized spacial score (nSPS) is 20.6. The van der Waals surface area contributed by atoms with E-state index in [1.807, 2.05) is 6.07 Å². The first-order valence-electron chi connectivity index (χ1n) is 7.68. The van der Waals surface area contributed by atoms with Crippen molar-refractivity contribution < 1.29 is 14.7 Å². The third kappa shape index (κ3) is 5.21. The van der Waals surface area contributed by atoms with Crippen molar-refractivity contribution in [2.24, 2.45) is 5.92 Å². The van der Waals surface area contributed by atoms with Gasteiger partial charge in [-0.25, -0.2) is 0 Å². The van der Waals surface area contributed by atoms with Gasteiger partial charge in [-0.05, 0) is 43.1 Å². The van der Waals surface area contributed by atoms with Crippen LogP contribution in [-0.4, -0.2) is 23.5 Å². The summed E-state index contributed by atoms with van der Waals surface area (Å²) in [6, 6.07) is 10.5. The Hall–Kier alpha value is -1.84. The Balaban J connectivity index is 1.55. The fraction of sp³-hybridized carbons (Fsp3) is 0.529. The molecule has 114 valence electrons. The van der Waals surface area contributed by atoms with E-state index in [1.165, 1.54) is 5.56 Å². The molecule has 1 aliphatic rings. The first-order valence-corrected chi connectivity index (χ1v) is 7.68. The van der Waals surface area contributed by atoms with Gasteiger partial charge in [-0.1, -0.05) is 30.3 Å². The lowest BCUT2D eigenvalue weighted by Gasteiger charge is -2.35. The molecule has 0 saturated heterocycles. The Bertz CT molecular complexity index is 466. The molecule has 4 nitrogen and oxygen atoms in total. The molecule has 0 unspecified atom stereocenters. The lowest BCUT2D eigenvalue weighted by atomic mass is 9.70. The molecule has 4 heteroatoms. The fourth-order valence-corrected chi connectivity index (χ4v) is 2.86. The molecule has 0 aromatic heterocycles. The summed E-state index contributed by atoms with van der Waals surface area (Å²) in [6.07, 6.45) is 4.32. The number of nitrogens with one attached hydrogen (secondary N) is 1. The van der Waals surface area contributed by atoms with Gasteiger partial charge in [-0.15, -0.1) is 0 Å². The summed E-state index contributed by atoms with van der Waals surface area (Å²) < 4.78 is 0. The Labute approximate surface area is 125 Å². The van der Waals surface area contributed by atoms with Crippen molar-refractivity contribution in [2.75, 3.05) is 6.54 Å². The third-order valence-electron chi connectivity index (χ3n) is 4.12. The molecule has 1 aliphatic carbocycles. The predicted octanol–water partition coefficient (Wildman–Crippen LogP) is 2.94. The SMILES string of the molecule is O=C(O)CCCCNC(=O)CC1CC(c2ccccc2)C1. The molecule has 0 aliphatic heterocycles. The molecule has 0 spiro atoms. The van der Waals surface area contributed by atoms with Crippen molar-refractivity contribution in [3.63, 3.8) is 0 Å². The third-order valence-corrected chi connectivity index (χ3v) is 4.12. The van der Waals surface area contributed by atoms with Crippen molar-refractivity contribution in [2.45, 2.75) is 44.4 Å². The molecule has 1 aromatic rings. The van der Waals surface area contributed by atoms with E-state index >= 15 is 0 Å². The highest BCUT2D eigenvalue weighted by atomic mass is 16.4. The number of rotatable bonds is 8. The van der Waals surface area contributed by atoms with E-state index in [0.29, 0.717) is 31.2 Å². The van der Waals surface area contributed by atoms with E-state index in [2.05, 4.69) is 29.6 Å². The van der Waals surface area contributed by atoms with Crippen molar-refractivity contribution in [1.29, 1.82) is 0 Å². The van der Waals surface area contributed by atoms with Crippen molar-refractivity contribution in [3.8, 4) is 0 Å². The molecule has 0 radical (unpaired) electrons. The highest BCUT2D eigenvalue weighted by Gasteiger charge is 2.31. The van der Waals surface area contributed by atoms with E-state index < -0.39 is 5.97 Å². The van der Waals surface area contributed by atoms with Gasteiger partial charge in [0.05, 0.1) is 0 Å². The fourth-order valence-electron chi connectivity index (χ4n) is 2.86. The first kappa shape index (κ1) is 15.5. The monoisotopic (exact) mass is 289 g/mol. The largest absolute Gasteiger partial charge is 0.481 e. The van der Waals surface area contributed by atoms with Crippen LogP contribution in [0.15, 0.2) is 30.3 Å².